The molecule has 0 amide bonds. The zero-order chi connectivity index (χ0) is 24.8. The number of esters is 2. The minimum absolute atomic E-state index is 0.142. The maximum Gasteiger partial charge on any atom is 0.306 e. The fourth-order valence-electron chi connectivity index (χ4n) is 6.12. The summed E-state index contributed by atoms with van der Waals surface area (Å²) in [6.07, 6.45) is 7.29. The number of carboxylic acids is 1. The summed E-state index contributed by atoms with van der Waals surface area (Å²) in [5.74, 6) is -1.30. The van der Waals surface area contributed by atoms with E-state index in [0.717, 1.165) is 19.3 Å². The molecule has 1 saturated carbocycles. The lowest BCUT2D eigenvalue weighted by Gasteiger charge is -2.58. The summed E-state index contributed by atoms with van der Waals surface area (Å²) in [7, 11) is 0. The van der Waals surface area contributed by atoms with Crippen molar-refractivity contribution < 1.29 is 34.1 Å². The largest absolute Gasteiger partial charge is 0.481 e. The molecule has 7 nitrogen and oxygen atoms in total. The van der Waals surface area contributed by atoms with E-state index in [1.807, 2.05) is 13.0 Å². The molecular weight excluding hydrogens is 424 g/mol. The highest BCUT2D eigenvalue weighted by molar-refractivity contribution is 5.76. The monoisotopic (exact) mass is 464 g/mol. The lowest BCUT2D eigenvalue weighted by molar-refractivity contribution is -0.162. The molecule has 0 bridgehead atoms. The van der Waals surface area contributed by atoms with Crippen LogP contribution in [0, 0.1) is 22.7 Å². The molecule has 186 valence electrons. The van der Waals surface area contributed by atoms with Gasteiger partial charge in [-0.05, 0) is 69.3 Å². The first-order valence-electron chi connectivity index (χ1n) is 11.9. The van der Waals surface area contributed by atoms with Crippen molar-refractivity contribution in [1.82, 2.24) is 0 Å². The van der Waals surface area contributed by atoms with Crippen LogP contribution in [0.4, 0.5) is 0 Å². The van der Waals surface area contributed by atoms with Gasteiger partial charge in [-0.3, -0.25) is 14.4 Å². The molecule has 0 aromatic carbocycles. The van der Waals surface area contributed by atoms with Gasteiger partial charge in [0.05, 0.1) is 25.6 Å². The molecule has 0 aromatic rings. The fraction of sp³-hybridized carbons (Fsp3) is 0.731. The maximum absolute atomic E-state index is 12.1. The zero-order valence-electron chi connectivity index (χ0n) is 20.7. The molecule has 2 rings (SSSR count). The first-order valence-corrected chi connectivity index (χ1v) is 11.9. The van der Waals surface area contributed by atoms with E-state index in [2.05, 4.69) is 26.8 Å². The van der Waals surface area contributed by atoms with Crippen molar-refractivity contribution >= 4 is 17.9 Å². The Hall–Kier alpha value is -2.15. The van der Waals surface area contributed by atoms with Gasteiger partial charge in [0, 0.05) is 12.3 Å². The fourth-order valence-corrected chi connectivity index (χ4v) is 6.12. The Labute approximate surface area is 197 Å². The van der Waals surface area contributed by atoms with E-state index in [-0.39, 0.29) is 54.7 Å². The summed E-state index contributed by atoms with van der Waals surface area (Å²) in [6, 6.07) is 0. The quantitative estimate of drug-likeness (QED) is 0.363. The molecule has 33 heavy (non-hydrogen) atoms. The van der Waals surface area contributed by atoms with E-state index >= 15 is 0 Å². The predicted molar refractivity (Wildman–Crippen MR) is 124 cm³/mol. The van der Waals surface area contributed by atoms with Crippen LogP contribution in [-0.4, -0.2) is 47.4 Å². The van der Waals surface area contributed by atoms with Crippen LogP contribution in [0.1, 0.15) is 79.6 Å². The number of rotatable bonds is 10. The van der Waals surface area contributed by atoms with Crippen LogP contribution in [-0.2, 0) is 23.9 Å². The summed E-state index contributed by atoms with van der Waals surface area (Å²) in [4.78, 5) is 33.8. The molecular formula is C26H40O7. The molecule has 2 aliphatic carbocycles. The second-order valence-corrected chi connectivity index (χ2v) is 10.5. The second kappa shape index (κ2) is 11.3. The molecule has 2 N–H and O–H groups in total. The molecule has 0 radical (unpaired) electrons. The van der Waals surface area contributed by atoms with Crippen LogP contribution >= 0.6 is 0 Å². The number of aliphatic carboxylic acids is 1. The number of aliphatic hydroxyl groups excluding tert-OH is 1. The van der Waals surface area contributed by atoms with E-state index in [4.69, 9.17) is 14.6 Å². The van der Waals surface area contributed by atoms with Crippen molar-refractivity contribution in [1.29, 1.82) is 0 Å². The number of aliphatic hydroxyl groups is 1. The second-order valence-electron chi connectivity index (χ2n) is 10.5. The van der Waals surface area contributed by atoms with Crippen LogP contribution in [0.2, 0.25) is 0 Å². The Balaban J connectivity index is 2.13. The molecule has 0 aliphatic heterocycles. The molecule has 0 aromatic heterocycles. The van der Waals surface area contributed by atoms with Crippen LogP contribution in [0.15, 0.2) is 23.3 Å². The van der Waals surface area contributed by atoms with Gasteiger partial charge in [0.25, 0.3) is 0 Å². The van der Waals surface area contributed by atoms with Gasteiger partial charge in [-0.15, -0.1) is 0 Å². The molecule has 7 heteroatoms. The van der Waals surface area contributed by atoms with Crippen molar-refractivity contribution in [2.75, 3.05) is 13.2 Å². The van der Waals surface area contributed by atoms with Gasteiger partial charge in [-0.1, -0.05) is 31.1 Å². The number of fused-ring (bicyclic) bond motifs is 1. The Morgan fingerprint density at radius 2 is 1.82 bits per heavy atom. The molecule has 1 fully saturated rings. The van der Waals surface area contributed by atoms with Gasteiger partial charge in [-0.25, -0.2) is 0 Å². The minimum Gasteiger partial charge on any atom is -0.481 e. The standard InChI is InChI=1S/C26H40O7/c1-17(12-13-32-19(3)27)6-8-21-18(2)7-9-22-25(4,14-20(28)15-26(21,22)5)16-33-24(31)11-10-23(29)30/h7,12,20-22,28H,6,8-11,13-16H2,1-5H3,(H,29,30). The lowest BCUT2D eigenvalue weighted by atomic mass is 9.47. The van der Waals surface area contributed by atoms with Gasteiger partial charge >= 0.3 is 17.9 Å². The third-order valence-electron chi connectivity index (χ3n) is 7.69. The van der Waals surface area contributed by atoms with E-state index in [9.17, 15) is 19.5 Å². The number of allylic oxidation sites excluding steroid dienone is 3. The highest BCUT2D eigenvalue weighted by Crippen LogP contribution is 2.60. The number of hydrogen-bond acceptors (Lipinski definition) is 6. The highest BCUT2D eigenvalue weighted by atomic mass is 16.5. The number of carbonyl (C=O) groups is 3. The topological polar surface area (TPSA) is 110 Å². The highest BCUT2D eigenvalue weighted by Gasteiger charge is 2.56. The smallest absolute Gasteiger partial charge is 0.306 e. The Kier molecular flexibility index (Phi) is 9.29. The van der Waals surface area contributed by atoms with Crippen LogP contribution in [0.25, 0.3) is 0 Å². The minimum atomic E-state index is -1.02. The van der Waals surface area contributed by atoms with Crippen molar-refractivity contribution in [2.24, 2.45) is 22.7 Å². The van der Waals surface area contributed by atoms with Gasteiger partial charge in [-0.2, -0.15) is 0 Å². The first-order chi connectivity index (χ1) is 15.4. The van der Waals surface area contributed by atoms with E-state index in [0.29, 0.717) is 12.8 Å². The van der Waals surface area contributed by atoms with Crippen molar-refractivity contribution in [3.63, 3.8) is 0 Å². The SMILES string of the molecule is CC(=O)OCC=C(C)CCC1C(C)=CCC2C(C)(COC(=O)CCC(=O)O)CC(O)CC12C. The van der Waals surface area contributed by atoms with Crippen molar-refractivity contribution in [3.8, 4) is 0 Å². The number of carboxylic acid groups (broad SMARTS) is 1. The van der Waals surface area contributed by atoms with Crippen LogP contribution in [0.3, 0.4) is 0 Å². The molecule has 0 saturated heterocycles. The lowest BCUT2D eigenvalue weighted by Crippen LogP contribution is -2.55. The number of carbonyl (C=O) groups excluding carboxylic acids is 2. The van der Waals surface area contributed by atoms with Gasteiger partial charge in [0.15, 0.2) is 0 Å². The normalized spacial score (nSPS) is 31.9. The summed E-state index contributed by atoms with van der Waals surface area (Å²) < 4.78 is 10.5. The van der Waals surface area contributed by atoms with Crippen molar-refractivity contribution in [3.05, 3.63) is 23.3 Å². The Morgan fingerprint density at radius 1 is 1.12 bits per heavy atom. The third-order valence-corrected chi connectivity index (χ3v) is 7.69. The molecule has 0 spiro atoms. The summed E-state index contributed by atoms with van der Waals surface area (Å²) in [5, 5.41) is 19.6. The van der Waals surface area contributed by atoms with E-state index in [1.165, 1.54) is 18.1 Å². The summed E-state index contributed by atoms with van der Waals surface area (Å²) in [6.45, 7) is 10.4. The summed E-state index contributed by atoms with van der Waals surface area (Å²) >= 11 is 0. The Bertz CT molecular complexity index is 798. The maximum atomic E-state index is 12.1. The molecule has 2 aliphatic rings. The molecule has 5 unspecified atom stereocenters. The average molecular weight is 465 g/mol. The Morgan fingerprint density at radius 3 is 2.45 bits per heavy atom. The van der Waals surface area contributed by atoms with E-state index < -0.39 is 18.0 Å². The molecule has 0 heterocycles. The number of ether oxygens (including phenoxy) is 2. The van der Waals surface area contributed by atoms with Gasteiger partial charge in [0.2, 0.25) is 0 Å². The van der Waals surface area contributed by atoms with Gasteiger partial charge < -0.3 is 19.7 Å². The van der Waals surface area contributed by atoms with Crippen LogP contribution in [0.5, 0.6) is 0 Å². The van der Waals surface area contributed by atoms with E-state index in [1.54, 1.807) is 0 Å². The average Bonchev–Trinajstić information content (AvgIpc) is 2.69. The van der Waals surface area contributed by atoms with Gasteiger partial charge in [0.1, 0.15) is 6.61 Å². The number of hydrogen-bond donors (Lipinski definition) is 2. The summed E-state index contributed by atoms with van der Waals surface area (Å²) in [5.41, 5.74) is 1.97. The predicted octanol–water partition coefficient (Wildman–Crippen LogP) is 4.43. The third kappa shape index (κ3) is 7.16. The zero-order valence-corrected chi connectivity index (χ0v) is 20.7. The van der Waals surface area contributed by atoms with Crippen molar-refractivity contribution in [2.45, 2.75) is 85.7 Å². The molecule has 5 atom stereocenters. The van der Waals surface area contributed by atoms with Crippen LogP contribution < -0.4 is 0 Å². The first kappa shape index (κ1) is 27.1.